The number of guanidine groups is 2. The summed E-state index contributed by atoms with van der Waals surface area (Å²) in [6.07, 6.45) is 0.249. The summed E-state index contributed by atoms with van der Waals surface area (Å²) in [4.78, 5) is 22.5. The summed E-state index contributed by atoms with van der Waals surface area (Å²) in [5.41, 5.74) is 13.6. The summed E-state index contributed by atoms with van der Waals surface area (Å²) in [5, 5.41) is 2.88. The highest BCUT2D eigenvalue weighted by Crippen LogP contribution is 2.28. The molecule has 7 nitrogen and oxygen atoms in total. The Balaban J connectivity index is 1.78. The first-order valence-electron chi connectivity index (χ1n) is 8.29. The standard InChI is InChI=1S/C19H22N6O/c1-19(2)24-17(20)23-18(21)25(19)15-10-6-7-13(11-15)12-16(26)22-14-8-4-3-5-9-14/h3-11H,12H2,1-2H3,(H,22,26)(H4,20,21,23,24). The maximum absolute atomic E-state index is 12.3. The van der Waals surface area contributed by atoms with Crippen molar-refractivity contribution >= 4 is 29.2 Å². The van der Waals surface area contributed by atoms with Crippen LogP contribution in [0.25, 0.3) is 0 Å². The Bertz CT molecular complexity index is 873. The summed E-state index contributed by atoms with van der Waals surface area (Å²) in [6.45, 7) is 3.80. The van der Waals surface area contributed by atoms with Gasteiger partial charge < -0.3 is 16.8 Å². The number of nitrogens with one attached hydrogen (secondary N) is 1. The summed E-state index contributed by atoms with van der Waals surface area (Å²) in [5.74, 6) is 0.339. The highest BCUT2D eigenvalue weighted by molar-refractivity contribution is 6.05. The molecule has 2 aromatic rings. The maximum atomic E-state index is 12.3. The van der Waals surface area contributed by atoms with E-state index in [9.17, 15) is 4.79 Å². The van der Waals surface area contributed by atoms with Gasteiger partial charge in [-0.2, -0.15) is 4.99 Å². The predicted octanol–water partition coefficient (Wildman–Crippen LogP) is 2.05. The zero-order valence-electron chi connectivity index (χ0n) is 14.8. The van der Waals surface area contributed by atoms with Crippen LogP contribution in [-0.4, -0.2) is 23.5 Å². The molecule has 1 heterocycles. The molecule has 5 N–H and O–H groups in total. The van der Waals surface area contributed by atoms with Crippen LogP contribution in [0.15, 0.2) is 64.6 Å². The molecule has 0 radical (unpaired) electrons. The molecule has 134 valence electrons. The summed E-state index contributed by atoms with van der Waals surface area (Å²) in [6, 6.07) is 17.0. The molecule has 0 bridgehead atoms. The maximum Gasteiger partial charge on any atom is 0.228 e. The van der Waals surface area contributed by atoms with Gasteiger partial charge in [-0.3, -0.25) is 9.69 Å². The van der Waals surface area contributed by atoms with E-state index in [4.69, 9.17) is 11.5 Å². The minimum absolute atomic E-state index is 0.0878. The van der Waals surface area contributed by atoms with Gasteiger partial charge in [-0.25, -0.2) is 4.99 Å². The smallest absolute Gasteiger partial charge is 0.228 e. The average molecular weight is 350 g/mol. The molecule has 0 spiro atoms. The first-order chi connectivity index (χ1) is 12.3. The van der Waals surface area contributed by atoms with Crippen LogP contribution in [0.4, 0.5) is 11.4 Å². The average Bonchev–Trinajstić information content (AvgIpc) is 2.54. The van der Waals surface area contributed by atoms with Crippen LogP contribution in [-0.2, 0) is 11.2 Å². The lowest BCUT2D eigenvalue weighted by Gasteiger charge is -2.38. The molecular formula is C19H22N6O. The molecule has 0 saturated carbocycles. The third-order valence-electron chi connectivity index (χ3n) is 3.98. The number of carbonyl (C=O) groups excluding carboxylic acids is 1. The zero-order valence-corrected chi connectivity index (χ0v) is 14.8. The van der Waals surface area contributed by atoms with Crippen molar-refractivity contribution in [2.45, 2.75) is 25.9 Å². The molecular weight excluding hydrogens is 328 g/mol. The molecule has 7 heteroatoms. The van der Waals surface area contributed by atoms with E-state index >= 15 is 0 Å². The third-order valence-corrected chi connectivity index (χ3v) is 3.98. The SMILES string of the molecule is CC1(C)N=C(N)N=C(N)N1c1cccc(CC(=O)Nc2ccccc2)c1. The van der Waals surface area contributed by atoms with Crippen LogP contribution in [0.3, 0.4) is 0 Å². The fourth-order valence-electron chi connectivity index (χ4n) is 2.97. The molecule has 1 amide bonds. The van der Waals surface area contributed by atoms with E-state index in [1.807, 2.05) is 68.4 Å². The van der Waals surface area contributed by atoms with Crippen molar-refractivity contribution in [2.24, 2.45) is 21.5 Å². The number of nitrogens with two attached hydrogens (primary N) is 2. The van der Waals surface area contributed by atoms with E-state index in [0.717, 1.165) is 16.9 Å². The fraction of sp³-hybridized carbons (Fsp3) is 0.211. The van der Waals surface area contributed by atoms with Crippen molar-refractivity contribution in [3.63, 3.8) is 0 Å². The minimum Gasteiger partial charge on any atom is -0.369 e. The van der Waals surface area contributed by atoms with Gasteiger partial charge in [0.1, 0.15) is 5.66 Å². The molecule has 0 atom stereocenters. The summed E-state index contributed by atoms with van der Waals surface area (Å²) < 4.78 is 0. The summed E-state index contributed by atoms with van der Waals surface area (Å²) >= 11 is 0. The highest BCUT2D eigenvalue weighted by atomic mass is 16.1. The van der Waals surface area contributed by atoms with E-state index in [-0.39, 0.29) is 24.2 Å². The lowest BCUT2D eigenvalue weighted by atomic mass is 10.1. The number of rotatable bonds is 4. The Hall–Kier alpha value is -3.35. The Morgan fingerprint density at radius 1 is 1.12 bits per heavy atom. The molecule has 0 unspecified atom stereocenters. The monoisotopic (exact) mass is 350 g/mol. The van der Waals surface area contributed by atoms with Gasteiger partial charge in [0.25, 0.3) is 0 Å². The highest BCUT2D eigenvalue weighted by Gasteiger charge is 2.33. The second-order valence-electron chi connectivity index (χ2n) is 6.53. The van der Waals surface area contributed by atoms with Gasteiger partial charge in [-0.15, -0.1) is 0 Å². The Morgan fingerprint density at radius 3 is 2.54 bits per heavy atom. The van der Waals surface area contributed by atoms with E-state index in [0.29, 0.717) is 0 Å². The molecule has 2 aromatic carbocycles. The van der Waals surface area contributed by atoms with E-state index in [1.165, 1.54) is 0 Å². The number of amides is 1. The topological polar surface area (TPSA) is 109 Å². The number of benzene rings is 2. The third kappa shape index (κ3) is 3.83. The predicted molar refractivity (Wildman–Crippen MR) is 105 cm³/mol. The van der Waals surface area contributed by atoms with Gasteiger partial charge in [-0.05, 0) is 43.7 Å². The zero-order chi connectivity index (χ0) is 18.7. The van der Waals surface area contributed by atoms with Crippen LogP contribution in [0.5, 0.6) is 0 Å². The van der Waals surface area contributed by atoms with E-state index in [1.54, 1.807) is 4.90 Å². The Labute approximate surface area is 152 Å². The van der Waals surface area contributed by atoms with Crippen LogP contribution < -0.4 is 21.7 Å². The van der Waals surface area contributed by atoms with Gasteiger partial charge in [0.15, 0.2) is 0 Å². The number of nitrogens with zero attached hydrogens (tertiary/aromatic N) is 3. The number of para-hydroxylation sites is 1. The molecule has 26 heavy (non-hydrogen) atoms. The van der Waals surface area contributed by atoms with Crippen molar-refractivity contribution in [3.8, 4) is 0 Å². The minimum atomic E-state index is -0.666. The second-order valence-corrected chi connectivity index (χ2v) is 6.53. The molecule has 0 aromatic heterocycles. The molecule has 0 fully saturated rings. The first kappa shape index (κ1) is 17.5. The lowest BCUT2D eigenvalue weighted by Crippen LogP contribution is -2.54. The lowest BCUT2D eigenvalue weighted by molar-refractivity contribution is -0.115. The number of hydrogen-bond acceptors (Lipinski definition) is 6. The van der Waals surface area contributed by atoms with Crippen molar-refractivity contribution in [2.75, 3.05) is 10.2 Å². The van der Waals surface area contributed by atoms with Gasteiger partial charge >= 0.3 is 0 Å². The van der Waals surface area contributed by atoms with E-state index < -0.39 is 5.66 Å². The Morgan fingerprint density at radius 2 is 1.85 bits per heavy atom. The van der Waals surface area contributed by atoms with Crippen LogP contribution in [0.2, 0.25) is 0 Å². The quantitative estimate of drug-likeness (QED) is 0.784. The summed E-state index contributed by atoms with van der Waals surface area (Å²) in [7, 11) is 0. The van der Waals surface area contributed by atoms with Gasteiger partial charge in [0.2, 0.25) is 17.8 Å². The Kier molecular flexibility index (Phi) is 4.62. The number of carbonyl (C=O) groups is 1. The van der Waals surface area contributed by atoms with Crippen LogP contribution in [0, 0.1) is 0 Å². The largest absolute Gasteiger partial charge is 0.369 e. The molecule has 1 aliphatic rings. The molecule has 3 rings (SSSR count). The van der Waals surface area contributed by atoms with E-state index in [2.05, 4.69) is 15.3 Å². The van der Waals surface area contributed by atoms with Gasteiger partial charge in [-0.1, -0.05) is 30.3 Å². The van der Waals surface area contributed by atoms with Crippen LogP contribution in [0.1, 0.15) is 19.4 Å². The normalized spacial score (nSPS) is 15.8. The molecule has 0 aliphatic carbocycles. The number of aliphatic imine (C=N–C) groups is 2. The number of hydrogen-bond donors (Lipinski definition) is 3. The van der Waals surface area contributed by atoms with Crippen molar-refractivity contribution in [1.29, 1.82) is 0 Å². The van der Waals surface area contributed by atoms with Crippen molar-refractivity contribution in [3.05, 3.63) is 60.2 Å². The molecule has 0 saturated heterocycles. The van der Waals surface area contributed by atoms with Gasteiger partial charge in [0, 0.05) is 11.4 Å². The van der Waals surface area contributed by atoms with Gasteiger partial charge in [0.05, 0.1) is 6.42 Å². The second kappa shape index (κ2) is 6.87. The molecule has 1 aliphatic heterocycles. The number of anilines is 2. The van der Waals surface area contributed by atoms with Crippen LogP contribution >= 0.6 is 0 Å². The van der Waals surface area contributed by atoms with Crippen molar-refractivity contribution in [1.82, 2.24) is 0 Å². The fourth-order valence-corrected chi connectivity index (χ4v) is 2.97. The first-order valence-corrected chi connectivity index (χ1v) is 8.29. The van der Waals surface area contributed by atoms with Crippen molar-refractivity contribution < 1.29 is 4.79 Å².